The summed E-state index contributed by atoms with van der Waals surface area (Å²) >= 11 is 0. The highest BCUT2D eigenvalue weighted by molar-refractivity contribution is 6.37. The number of nitrogens with zero attached hydrogens (tertiary/aromatic N) is 1. The Morgan fingerprint density at radius 1 is 0.917 bits per heavy atom. The highest BCUT2D eigenvalue weighted by atomic mass is 16.5. The molecule has 0 spiro atoms. The van der Waals surface area contributed by atoms with Gasteiger partial charge in [0, 0.05) is 6.54 Å². The third kappa shape index (κ3) is 9.42. The number of ether oxygens (including phenoxy) is 1. The monoisotopic (exact) mass is 661 g/mol. The summed E-state index contributed by atoms with van der Waals surface area (Å²) in [6, 6.07) is 12.8. The van der Waals surface area contributed by atoms with E-state index in [0.717, 1.165) is 24.8 Å². The van der Waals surface area contributed by atoms with Crippen LogP contribution in [0.3, 0.4) is 0 Å². The number of esters is 1. The van der Waals surface area contributed by atoms with Crippen molar-refractivity contribution >= 4 is 35.5 Å². The number of ketones is 1. The predicted molar refractivity (Wildman–Crippen MR) is 178 cm³/mol. The number of hydrogen-bond donors (Lipinski definition) is 4. The van der Waals surface area contributed by atoms with Crippen LogP contribution in [-0.4, -0.2) is 65.1 Å². The van der Waals surface area contributed by atoms with E-state index in [9.17, 15) is 28.8 Å². The average molecular weight is 662 g/mol. The predicted octanol–water partition coefficient (Wildman–Crippen LogP) is 3.15. The van der Waals surface area contributed by atoms with E-state index < -0.39 is 65.1 Å². The Morgan fingerprint density at radius 3 is 2.10 bits per heavy atom. The number of hydrogen-bond acceptors (Lipinski definition) is 7. The Kier molecular flexibility index (Phi) is 12.0. The number of rotatable bonds is 13. The number of likely N-dealkylation sites (tertiary alicyclic amines) is 1. The first-order chi connectivity index (χ1) is 22.7. The number of benzene rings is 2. The number of carbonyl (C=O) groups is 6. The van der Waals surface area contributed by atoms with E-state index in [1.54, 1.807) is 51.1 Å². The van der Waals surface area contributed by atoms with Gasteiger partial charge in [0.05, 0.1) is 6.04 Å². The van der Waals surface area contributed by atoms with E-state index in [0.29, 0.717) is 18.4 Å². The topological polar surface area (TPSA) is 177 Å². The summed E-state index contributed by atoms with van der Waals surface area (Å²) in [4.78, 5) is 80.3. The molecule has 12 nitrogen and oxygen atoms in total. The molecule has 48 heavy (non-hydrogen) atoms. The van der Waals surface area contributed by atoms with Gasteiger partial charge in [-0.1, -0.05) is 108 Å². The van der Waals surface area contributed by atoms with Gasteiger partial charge in [-0.25, -0.2) is 9.59 Å². The molecule has 1 heterocycles. The van der Waals surface area contributed by atoms with E-state index in [4.69, 9.17) is 10.5 Å². The maximum Gasteiger partial charge on any atom is 0.333 e. The van der Waals surface area contributed by atoms with Crippen molar-refractivity contribution in [3.8, 4) is 0 Å². The third-order valence-corrected chi connectivity index (χ3v) is 9.02. The molecule has 4 rings (SSSR count). The molecule has 0 aromatic heterocycles. The number of amides is 5. The zero-order valence-electron chi connectivity index (χ0n) is 28.1. The first-order valence-electron chi connectivity index (χ1n) is 16.5. The molecule has 2 aromatic carbocycles. The maximum absolute atomic E-state index is 14.2. The van der Waals surface area contributed by atoms with Gasteiger partial charge in [-0.3, -0.25) is 19.2 Å². The fourth-order valence-electron chi connectivity index (χ4n) is 6.13. The zero-order chi connectivity index (χ0) is 35.0. The van der Waals surface area contributed by atoms with E-state index in [1.165, 1.54) is 4.90 Å². The van der Waals surface area contributed by atoms with E-state index in [2.05, 4.69) is 16.0 Å². The number of nitrogens with two attached hydrogens (primary N) is 1. The summed E-state index contributed by atoms with van der Waals surface area (Å²) in [5.74, 6) is -3.52. The van der Waals surface area contributed by atoms with Crippen LogP contribution in [0.15, 0.2) is 60.7 Å². The van der Waals surface area contributed by atoms with Crippen LogP contribution in [0.5, 0.6) is 0 Å². The molecular formula is C36H47N5O7. The van der Waals surface area contributed by atoms with Crippen molar-refractivity contribution in [2.45, 2.75) is 90.6 Å². The summed E-state index contributed by atoms with van der Waals surface area (Å²) in [6.07, 6.45) is 3.48. The average Bonchev–Trinajstić information content (AvgIpc) is 3.43. The van der Waals surface area contributed by atoms with Crippen LogP contribution in [0.2, 0.25) is 0 Å². The standard InChI is InChI=1S/C36H47N5O7/c1-22-18-27(32(44)38-26(29(42)31(37)43)19-23-14-11-15-23)41(20-22)33(45)30(36(2,3)4)40-35(47)39-28(25-16-9-6-10-17-25)34(46)48-21-24-12-7-5-8-13-24/h5-10,12-13,16-17,22-23,26-28,30H,11,14-15,18-21H2,1-4H3,(H2,37,43)(H,38,44)(H2,39,40,47)/t22-,26?,27?,28-,30?/m1/s1. The van der Waals surface area contributed by atoms with Crippen molar-refractivity contribution in [3.05, 3.63) is 71.8 Å². The van der Waals surface area contributed by atoms with Crippen molar-refractivity contribution in [2.24, 2.45) is 23.0 Å². The molecular weight excluding hydrogens is 614 g/mol. The Labute approximate surface area is 281 Å². The molecule has 5 N–H and O–H groups in total. The third-order valence-electron chi connectivity index (χ3n) is 9.02. The van der Waals surface area contributed by atoms with Gasteiger partial charge in [0.2, 0.25) is 17.6 Å². The molecule has 1 aliphatic carbocycles. The van der Waals surface area contributed by atoms with Gasteiger partial charge in [-0.2, -0.15) is 0 Å². The molecule has 258 valence electrons. The summed E-state index contributed by atoms with van der Waals surface area (Å²) in [5.41, 5.74) is 5.77. The van der Waals surface area contributed by atoms with Crippen molar-refractivity contribution in [3.63, 3.8) is 0 Å². The highest BCUT2D eigenvalue weighted by Gasteiger charge is 2.45. The number of carbonyl (C=O) groups excluding carboxylic acids is 6. The van der Waals surface area contributed by atoms with Crippen molar-refractivity contribution in [1.82, 2.24) is 20.9 Å². The molecule has 0 radical (unpaired) electrons. The molecule has 1 saturated carbocycles. The summed E-state index contributed by atoms with van der Waals surface area (Å²) in [6.45, 7) is 7.53. The SMILES string of the molecule is C[C@@H]1CC(C(=O)NC(CC2CCC2)C(=O)C(N)=O)N(C(=O)C(NC(=O)N[C@@H](C(=O)OCc2ccccc2)c2ccccc2)C(C)(C)C)C1. The van der Waals surface area contributed by atoms with E-state index in [1.807, 2.05) is 37.3 Å². The molecule has 1 saturated heterocycles. The van der Waals surface area contributed by atoms with Gasteiger partial charge < -0.3 is 31.3 Å². The van der Waals surface area contributed by atoms with Gasteiger partial charge >= 0.3 is 12.0 Å². The fourth-order valence-corrected chi connectivity index (χ4v) is 6.13. The lowest BCUT2D eigenvalue weighted by Gasteiger charge is -2.36. The second-order valence-corrected chi connectivity index (χ2v) is 14.0. The molecule has 12 heteroatoms. The molecule has 5 amide bonds. The number of primary amides is 1. The lowest BCUT2D eigenvalue weighted by atomic mass is 9.80. The second kappa shape index (κ2) is 15.9. The minimum absolute atomic E-state index is 0.0125. The van der Waals surface area contributed by atoms with E-state index >= 15 is 0 Å². The van der Waals surface area contributed by atoms with Crippen LogP contribution in [0.25, 0.3) is 0 Å². The Hall–Kier alpha value is -4.74. The normalized spacial score (nSPS) is 19.6. The van der Waals surface area contributed by atoms with Crippen molar-refractivity contribution < 1.29 is 33.5 Å². The minimum Gasteiger partial charge on any atom is -0.459 e. The van der Waals surface area contributed by atoms with Crippen LogP contribution in [0, 0.1) is 17.3 Å². The van der Waals surface area contributed by atoms with Gasteiger partial charge in [0.25, 0.3) is 5.91 Å². The Bertz CT molecular complexity index is 1470. The second-order valence-electron chi connectivity index (χ2n) is 14.0. The lowest BCUT2D eigenvalue weighted by Crippen LogP contribution is -2.60. The summed E-state index contributed by atoms with van der Waals surface area (Å²) in [7, 11) is 0. The van der Waals surface area contributed by atoms with Gasteiger partial charge in [-0.15, -0.1) is 0 Å². The number of nitrogens with one attached hydrogen (secondary N) is 3. The lowest BCUT2D eigenvalue weighted by molar-refractivity contribution is -0.147. The number of urea groups is 1. The molecule has 5 atom stereocenters. The summed E-state index contributed by atoms with van der Waals surface area (Å²) < 4.78 is 5.54. The van der Waals surface area contributed by atoms with Crippen LogP contribution in [0.1, 0.15) is 77.0 Å². The Balaban J connectivity index is 1.49. The van der Waals surface area contributed by atoms with E-state index in [-0.39, 0.29) is 25.0 Å². The first-order valence-corrected chi connectivity index (χ1v) is 16.5. The first kappa shape index (κ1) is 36.1. The van der Waals surface area contributed by atoms with Gasteiger partial charge in [0.15, 0.2) is 6.04 Å². The molecule has 1 aliphatic heterocycles. The smallest absolute Gasteiger partial charge is 0.333 e. The quantitative estimate of drug-likeness (QED) is 0.188. The molecule has 3 unspecified atom stereocenters. The van der Waals surface area contributed by atoms with Crippen LogP contribution >= 0.6 is 0 Å². The Morgan fingerprint density at radius 2 is 1.54 bits per heavy atom. The van der Waals surface area contributed by atoms with Crippen molar-refractivity contribution in [2.75, 3.05) is 6.54 Å². The zero-order valence-corrected chi connectivity index (χ0v) is 28.1. The van der Waals surface area contributed by atoms with Crippen LogP contribution in [-0.2, 0) is 35.3 Å². The van der Waals surface area contributed by atoms with Crippen molar-refractivity contribution in [1.29, 1.82) is 0 Å². The molecule has 2 aromatic rings. The van der Waals surface area contributed by atoms with Crippen LogP contribution < -0.4 is 21.7 Å². The van der Waals surface area contributed by atoms with Crippen LogP contribution in [0.4, 0.5) is 4.79 Å². The maximum atomic E-state index is 14.2. The fraction of sp³-hybridized carbons (Fsp3) is 0.500. The van der Waals surface area contributed by atoms with Gasteiger partial charge in [0.1, 0.15) is 18.7 Å². The molecule has 2 aliphatic rings. The largest absolute Gasteiger partial charge is 0.459 e. The molecule has 0 bridgehead atoms. The number of Topliss-reactive ketones (excluding diaryl/α,β-unsaturated/α-hetero) is 1. The van der Waals surface area contributed by atoms with Gasteiger partial charge in [-0.05, 0) is 41.2 Å². The summed E-state index contributed by atoms with van der Waals surface area (Å²) in [5, 5.41) is 8.15. The molecule has 2 fully saturated rings. The highest BCUT2D eigenvalue weighted by Crippen LogP contribution is 2.32. The minimum atomic E-state index is -1.16.